The number of hydrogen-bond donors (Lipinski definition) is 1. The van der Waals surface area contributed by atoms with Gasteiger partial charge < -0.3 is 14.6 Å². The van der Waals surface area contributed by atoms with Crippen molar-refractivity contribution in [2.75, 3.05) is 20.1 Å². The highest BCUT2D eigenvalue weighted by molar-refractivity contribution is 5.91. The van der Waals surface area contributed by atoms with E-state index in [9.17, 15) is 4.79 Å². The summed E-state index contributed by atoms with van der Waals surface area (Å²) >= 11 is 0. The molecule has 2 rings (SSSR count). The van der Waals surface area contributed by atoms with E-state index in [2.05, 4.69) is 5.32 Å². The lowest BCUT2D eigenvalue weighted by Gasteiger charge is -2.27. The lowest BCUT2D eigenvalue weighted by Crippen LogP contribution is -2.44. The Bertz CT molecular complexity index is 381. The monoisotopic (exact) mass is 236 g/mol. The first-order chi connectivity index (χ1) is 8.16. The van der Waals surface area contributed by atoms with Crippen LogP contribution in [0.25, 0.3) is 0 Å². The topological polar surface area (TPSA) is 45.5 Å². The van der Waals surface area contributed by atoms with Crippen LogP contribution in [0.3, 0.4) is 0 Å². The quantitative estimate of drug-likeness (QED) is 0.870. The molecule has 1 N–H and O–H groups in total. The van der Waals surface area contributed by atoms with Crippen LogP contribution >= 0.6 is 0 Å². The highest BCUT2D eigenvalue weighted by Gasteiger charge is 2.20. The van der Waals surface area contributed by atoms with Gasteiger partial charge in [0.25, 0.3) is 5.91 Å². The first-order valence-electron chi connectivity index (χ1n) is 6.22. The molecule has 94 valence electrons. The molecule has 0 bridgehead atoms. The van der Waals surface area contributed by atoms with Gasteiger partial charge in [-0.2, -0.15) is 0 Å². The number of carbonyl (C=O) groups excluding carboxylic acids is 1. The second-order valence-corrected chi connectivity index (χ2v) is 4.74. The lowest BCUT2D eigenvalue weighted by molar-refractivity contribution is 0.0742. The number of hydrogen-bond acceptors (Lipinski definition) is 3. The van der Waals surface area contributed by atoms with Crippen LogP contribution < -0.4 is 5.32 Å². The zero-order valence-corrected chi connectivity index (χ0v) is 10.5. The standard InChI is InChI=1S/C13H20N2O2/c1-10-6-7-12(17-10)13(16)15(2)9-11-5-3-4-8-14-11/h6-7,11,14H,3-5,8-9H2,1-2H3. The molecule has 0 aromatic carbocycles. The number of likely N-dealkylation sites (N-methyl/N-ethyl adjacent to an activating group) is 1. The molecule has 1 aliphatic heterocycles. The van der Waals surface area contributed by atoms with Gasteiger partial charge in [-0.25, -0.2) is 0 Å². The summed E-state index contributed by atoms with van der Waals surface area (Å²) in [6.45, 7) is 3.66. The van der Waals surface area contributed by atoms with Gasteiger partial charge in [0.2, 0.25) is 0 Å². The van der Waals surface area contributed by atoms with Crippen molar-refractivity contribution in [3.63, 3.8) is 0 Å². The van der Waals surface area contributed by atoms with E-state index < -0.39 is 0 Å². The smallest absolute Gasteiger partial charge is 0.289 e. The first-order valence-corrected chi connectivity index (χ1v) is 6.22. The number of amides is 1. The van der Waals surface area contributed by atoms with E-state index in [0.717, 1.165) is 25.3 Å². The second kappa shape index (κ2) is 5.36. The van der Waals surface area contributed by atoms with E-state index in [1.54, 1.807) is 11.0 Å². The van der Waals surface area contributed by atoms with Gasteiger partial charge in [-0.15, -0.1) is 0 Å². The van der Waals surface area contributed by atoms with Crippen molar-refractivity contribution >= 4 is 5.91 Å². The molecule has 1 aliphatic rings. The molecule has 0 spiro atoms. The van der Waals surface area contributed by atoms with Crippen molar-refractivity contribution in [2.24, 2.45) is 0 Å². The number of piperidine rings is 1. The molecule has 4 heteroatoms. The highest BCUT2D eigenvalue weighted by atomic mass is 16.3. The Labute approximate surface area is 102 Å². The predicted molar refractivity (Wildman–Crippen MR) is 66.0 cm³/mol. The fourth-order valence-electron chi connectivity index (χ4n) is 2.23. The second-order valence-electron chi connectivity index (χ2n) is 4.74. The molecule has 0 saturated carbocycles. The van der Waals surface area contributed by atoms with Gasteiger partial charge in [0.05, 0.1) is 0 Å². The third kappa shape index (κ3) is 3.09. The molecule has 1 aromatic rings. The molecule has 2 heterocycles. The van der Waals surface area contributed by atoms with Crippen LogP contribution in [0.4, 0.5) is 0 Å². The Balaban J connectivity index is 1.90. The number of nitrogens with zero attached hydrogens (tertiary/aromatic N) is 1. The Morgan fingerprint density at radius 1 is 1.53 bits per heavy atom. The summed E-state index contributed by atoms with van der Waals surface area (Å²) in [6.07, 6.45) is 3.64. The average molecular weight is 236 g/mol. The van der Waals surface area contributed by atoms with E-state index in [0.29, 0.717) is 11.8 Å². The minimum Gasteiger partial charge on any atom is -0.456 e. The molecular weight excluding hydrogens is 216 g/mol. The highest BCUT2D eigenvalue weighted by Crippen LogP contribution is 2.12. The maximum atomic E-state index is 12.0. The maximum Gasteiger partial charge on any atom is 0.289 e. The summed E-state index contributed by atoms with van der Waals surface area (Å²) in [4.78, 5) is 13.8. The molecule has 0 aliphatic carbocycles. The SMILES string of the molecule is Cc1ccc(C(=O)N(C)CC2CCCCN2)o1. The van der Waals surface area contributed by atoms with Crippen LogP contribution in [0.5, 0.6) is 0 Å². The van der Waals surface area contributed by atoms with Crippen LogP contribution in [0.1, 0.15) is 35.6 Å². The van der Waals surface area contributed by atoms with Crippen molar-refractivity contribution in [3.05, 3.63) is 23.7 Å². The summed E-state index contributed by atoms with van der Waals surface area (Å²) in [6, 6.07) is 3.98. The number of carbonyl (C=O) groups is 1. The number of rotatable bonds is 3. The third-order valence-corrected chi connectivity index (χ3v) is 3.20. The summed E-state index contributed by atoms with van der Waals surface area (Å²) in [5, 5.41) is 3.44. The van der Waals surface area contributed by atoms with Crippen molar-refractivity contribution in [3.8, 4) is 0 Å². The van der Waals surface area contributed by atoms with Crippen molar-refractivity contribution < 1.29 is 9.21 Å². The Hall–Kier alpha value is -1.29. The first kappa shape index (κ1) is 12.2. The molecule has 1 fully saturated rings. The zero-order valence-electron chi connectivity index (χ0n) is 10.5. The lowest BCUT2D eigenvalue weighted by atomic mass is 10.0. The number of furan rings is 1. The van der Waals surface area contributed by atoms with E-state index in [-0.39, 0.29) is 5.91 Å². The Kier molecular flexibility index (Phi) is 3.84. The molecule has 17 heavy (non-hydrogen) atoms. The van der Waals surface area contributed by atoms with Gasteiger partial charge in [-0.3, -0.25) is 4.79 Å². The fourth-order valence-corrected chi connectivity index (χ4v) is 2.23. The summed E-state index contributed by atoms with van der Waals surface area (Å²) in [7, 11) is 1.83. The summed E-state index contributed by atoms with van der Waals surface area (Å²) in [5.41, 5.74) is 0. The van der Waals surface area contributed by atoms with Crippen LogP contribution in [0.2, 0.25) is 0 Å². The zero-order chi connectivity index (χ0) is 12.3. The summed E-state index contributed by atoms with van der Waals surface area (Å²) < 4.78 is 5.34. The fraction of sp³-hybridized carbons (Fsp3) is 0.615. The van der Waals surface area contributed by atoms with Crippen molar-refractivity contribution in [1.29, 1.82) is 0 Å². The minimum absolute atomic E-state index is 0.0366. The molecule has 4 nitrogen and oxygen atoms in total. The number of nitrogens with one attached hydrogen (secondary N) is 1. The molecule has 0 radical (unpaired) electrons. The van der Waals surface area contributed by atoms with Crippen LogP contribution in [0.15, 0.2) is 16.5 Å². The van der Waals surface area contributed by atoms with Gasteiger partial charge in [0.15, 0.2) is 5.76 Å². The van der Waals surface area contributed by atoms with Crippen LogP contribution in [-0.2, 0) is 0 Å². The van der Waals surface area contributed by atoms with Crippen LogP contribution in [-0.4, -0.2) is 37.0 Å². The minimum atomic E-state index is -0.0366. The normalized spacial score (nSPS) is 20.2. The van der Waals surface area contributed by atoms with Gasteiger partial charge in [-0.05, 0) is 38.4 Å². The molecular formula is C13H20N2O2. The maximum absolute atomic E-state index is 12.0. The van der Waals surface area contributed by atoms with E-state index in [1.165, 1.54) is 12.8 Å². The van der Waals surface area contributed by atoms with E-state index in [1.807, 2.05) is 20.0 Å². The van der Waals surface area contributed by atoms with Gasteiger partial charge in [-0.1, -0.05) is 6.42 Å². The van der Waals surface area contributed by atoms with Gasteiger partial charge in [0, 0.05) is 19.6 Å². The van der Waals surface area contributed by atoms with Crippen molar-refractivity contribution in [1.82, 2.24) is 10.2 Å². The predicted octanol–water partition coefficient (Wildman–Crippen LogP) is 1.80. The Morgan fingerprint density at radius 2 is 2.35 bits per heavy atom. The largest absolute Gasteiger partial charge is 0.456 e. The third-order valence-electron chi connectivity index (χ3n) is 3.20. The molecule has 1 unspecified atom stereocenters. The Morgan fingerprint density at radius 3 is 2.94 bits per heavy atom. The molecule has 1 saturated heterocycles. The van der Waals surface area contributed by atoms with E-state index >= 15 is 0 Å². The van der Waals surface area contributed by atoms with Gasteiger partial charge >= 0.3 is 0 Å². The van der Waals surface area contributed by atoms with E-state index in [4.69, 9.17) is 4.42 Å². The van der Waals surface area contributed by atoms with Gasteiger partial charge in [0.1, 0.15) is 5.76 Å². The molecule has 1 aromatic heterocycles. The van der Waals surface area contributed by atoms with Crippen LogP contribution in [0, 0.1) is 6.92 Å². The molecule has 1 atom stereocenters. The summed E-state index contributed by atoms with van der Waals surface area (Å²) in [5.74, 6) is 1.17. The van der Waals surface area contributed by atoms with Crippen molar-refractivity contribution in [2.45, 2.75) is 32.2 Å². The average Bonchev–Trinajstić information content (AvgIpc) is 2.76. The number of aryl methyl sites for hydroxylation is 1. The molecule has 1 amide bonds.